The molecule has 1 saturated heterocycles. The predicted molar refractivity (Wildman–Crippen MR) is 115 cm³/mol. The first-order valence-corrected chi connectivity index (χ1v) is 10.6. The van der Waals surface area contributed by atoms with Gasteiger partial charge in [-0.3, -0.25) is 9.69 Å². The SMILES string of the molecule is CCOC(=O)c1ccc(CN2CCC(n3ccc(=O)c4c[nH+]c5[nH]ccc5c43)CC2)o1. The maximum absolute atomic E-state index is 12.4. The van der Waals surface area contributed by atoms with Gasteiger partial charge in [-0.05, 0) is 38.0 Å². The van der Waals surface area contributed by atoms with Crippen molar-refractivity contribution >= 4 is 27.9 Å². The minimum atomic E-state index is -0.425. The molecule has 8 heteroatoms. The zero-order chi connectivity index (χ0) is 21.4. The van der Waals surface area contributed by atoms with Crippen molar-refractivity contribution in [1.29, 1.82) is 0 Å². The van der Waals surface area contributed by atoms with E-state index in [0.717, 1.165) is 48.2 Å². The smallest absolute Gasteiger partial charge is 0.374 e. The van der Waals surface area contributed by atoms with Crippen LogP contribution in [0.1, 0.15) is 42.1 Å². The van der Waals surface area contributed by atoms with Crippen LogP contribution in [0.3, 0.4) is 0 Å². The zero-order valence-electron chi connectivity index (χ0n) is 17.4. The molecule has 4 aromatic rings. The first-order chi connectivity index (χ1) is 15.1. The Morgan fingerprint density at radius 2 is 2.06 bits per heavy atom. The van der Waals surface area contributed by atoms with Gasteiger partial charge in [0, 0.05) is 31.4 Å². The van der Waals surface area contributed by atoms with E-state index >= 15 is 0 Å². The first kappa shape index (κ1) is 19.6. The molecule has 0 spiro atoms. The molecule has 2 N–H and O–H groups in total. The van der Waals surface area contributed by atoms with Crippen molar-refractivity contribution in [2.24, 2.45) is 0 Å². The number of nitrogens with zero attached hydrogens (tertiary/aromatic N) is 2. The Morgan fingerprint density at radius 1 is 1.23 bits per heavy atom. The number of pyridine rings is 2. The van der Waals surface area contributed by atoms with E-state index in [0.29, 0.717) is 24.6 Å². The van der Waals surface area contributed by atoms with Crippen LogP contribution < -0.4 is 10.4 Å². The van der Waals surface area contributed by atoms with Crippen molar-refractivity contribution in [1.82, 2.24) is 14.5 Å². The van der Waals surface area contributed by atoms with Crippen molar-refractivity contribution < 1.29 is 18.9 Å². The van der Waals surface area contributed by atoms with E-state index in [-0.39, 0.29) is 11.2 Å². The van der Waals surface area contributed by atoms with Crippen molar-refractivity contribution in [3.63, 3.8) is 0 Å². The third kappa shape index (κ3) is 3.63. The van der Waals surface area contributed by atoms with Gasteiger partial charge in [-0.25, -0.2) is 14.8 Å². The number of hydrogen-bond donors (Lipinski definition) is 1. The number of H-pyrrole nitrogens is 2. The summed E-state index contributed by atoms with van der Waals surface area (Å²) in [5.41, 5.74) is 1.92. The second-order valence-corrected chi connectivity index (χ2v) is 7.90. The molecular weight excluding hydrogens is 396 g/mol. The minimum Gasteiger partial charge on any atom is -0.460 e. The highest BCUT2D eigenvalue weighted by Gasteiger charge is 2.24. The van der Waals surface area contributed by atoms with Crippen LogP contribution in [-0.2, 0) is 11.3 Å². The molecule has 0 aromatic carbocycles. The van der Waals surface area contributed by atoms with E-state index in [9.17, 15) is 9.59 Å². The number of piperidine rings is 1. The fraction of sp³-hybridized carbons (Fsp3) is 0.348. The fourth-order valence-corrected chi connectivity index (χ4v) is 4.48. The van der Waals surface area contributed by atoms with E-state index in [1.54, 1.807) is 25.3 Å². The highest BCUT2D eigenvalue weighted by atomic mass is 16.5. The summed E-state index contributed by atoms with van der Waals surface area (Å²) in [7, 11) is 0. The second kappa shape index (κ2) is 8.03. The number of esters is 1. The Hall–Kier alpha value is -3.39. The van der Waals surface area contributed by atoms with Crippen molar-refractivity contribution in [2.75, 3.05) is 19.7 Å². The molecule has 5 rings (SSSR count). The second-order valence-electron chi connectivity index (χ2n) is 7.90. The highest BCUT2D eigenvalue weighted by Crippen LogP contribution is 2.29. The van der Waals surface area contributed by atoms with E-state index < -0.39 is 5.97 Å². The van der Waals surface area contributed by atoms with Gasteiger partial charge in [-0.15, -0.1) is 0 Å². The summed E-state index contributed by atoms with van der Waals surface area (Å²) in [6, 6.07) is 7.49. The number of ether oxygens (including phenoxy) is 1. The molecule has 160 valence electrons. The number of fused-ring (bicyclic) bond motifs is 3. The molecule has 0 saturated carbocycles. The van der Waals surface area contributed by atoms with E-state index in [4.69, 9.17) is 9.15 Å². The summed E-state index contributed by atoms with van der Waals surface area (Å²) < 4.78 is 12.9. The monoisotopic (exact) mass is 421 g/mol. The Morgan fingerprint density at radius 3 is 2.87 bits per heavy atom. The van der Waals surface area contributed by atoms with Crippen LogP contribution in [-0.4, -0.2) is 40.1 Å². The molecule has 5 heterocycles. The van der Waals surface area contributed by atoms with Crippen LogP contribution in [0, 0.1) is 0 Å². The summed E-state index contributed by atoms with van der Waals surface area (Å²) >= 11 is 0. The van der Waals surface area contributed by atoms with Crippen molar-refractivity contribution in [3.05, 3.63) is 64.6 Å². The number of carbonyl (C=O) groups is 1. The summed E-state index contributed by atoms with van der Waals surface area (Å²) in [4.78, 5) is 32.9. The fourth-order valence-electron chi connectivity index (χ4n) is 4.48. The summed E-state index contributed by atoms with van der Waals surface area (Å²) in [6.45, 7) is 4.58. The Bertz CT molecular complexity index is 1290. The molecule has 0 amide bonds. The Kier molecular flexibility index (Phi) is 5.07. The lowest BCUT2D eigenvalue weighted by molar-refractivity contribution is -0.345. The van der Waals surface area contributed by atoms with Crippen LogP contribution >= 0.6 is 0 Å². The molecule has 0 aliphatic carbocycles. The molecule has 8 nitrogen and oxygen atoms in total. The number of furan rings is 1. The minimum absolute atomic E-state index is 0.0262. The molecule has 1 aliphatic rings. The number of likely N-dealkylation sites (tertiary alicyclic amines) is 1. The maximum Gasteiger partial charge on any atom is 0.374 e. The topological polar surface area (TPSA) is 94.6 Å². The zero-order valence-corrected chi connectivity index (χ0v) is 17.4. The van der Waals surface area contributed by atoms with Gasteiger partial charge >= 0.3 is 5.97 Å². The molecule has 1 fully saturated rings. The third-order valence-electron chi connectivity index (χ3n) is 6.00. The quantitative estimate of drug-likeness (QED) is 0.500. The van der Waals surface area contributed by atoms with Crippen LogP contribution in [0.25, 0.3) is 21.9 Å². The molecule has 0 bridgehead atoms. The number of hydrogen-bond acceptors (Lipinski definition) is 5. The summed E-state index contributed by atoms with van der Waals surface area (Å²) in [6.07, 6.45) is 7.54. The average Bonchev–Trinajstić information content (AvgIpc) is 3.44. The van der Waals surface area contributed by atoms with E-state index in [1.807, 2.05) is 24.5 Å². The van der Waals surface area contributed by atoms with Crippen LogP contribution in [0.2, 0.25) is 0 Å². The summed E-state index contributed by atoms with van der Waals surface area (Å²) in [5, 5.41) is 1.74. The van der Waals surface area contributed by atoms with Gasteiger partial charge in [0.15, 0.2) is 5.43 Å². The van der Waals surface area contributed by atoms with Crippen LogP contribution in [0.5, 0.6) is 0 Å². The Balaban J connectivity index is 1.33. The maximum atomic E-state index is 12.4. The van der Waals surface area contributed by atoms with E-state index in [1.165, 1.54) is 0 Å². The molecule has 1 aliphatic heterocycles. The number of nitrogens with one attached hydrogen (secondary N) is 2. The lowest BCUT2D eigenvalue weighted by atomic mass is 10.0. The first-order valence-electron chi connectivity index (χ1n) is 10.6. The van der Waals surface area contributed by atoms with Crippen LogP contribution in [0.4, 0.5) is 0 Å². The van der Waals surface area contributed by atoms with Crippen LogP contribution in [0.15, 0.2) is 52.1 Å². The largest absolute Gasteiger partial charge is 0.460 e. The third-order valence-corrected chi connectivity index (χ3v) is 6.00. The molecule has 0 radical (unpaired) electrons. The van der Waals surface area contributed by atoms with Crippen molar-refractivity contribution in [3.8, 4) is 0 Å². The van der Waals surface area contributed by atoms with Gasteiger partial charge in [0.05, 0.1) is 35.6 Å². The normalized spacial score (nSPS) is 15.6. The molecule has 31 heavy (non-hydrogen) atoms. The Labute approximate surface area is 178 Å². The number of carbonyl (C=O) groups excluding carboxylic acids is 1. The number of aromatic amines is 2. The lowest BCUT2D eigenvalue weighted by Gasteiger charge is -2.33. The van der Waals surface area contributed by atoms with Gasteiger partial charge in [0.1, 0.15) is 12.0 Å². The predicted octanol–water partition coefficient (Wildman–Crippen LogP) is 2.90. The van der Waals surface area contributed by atoms with Gasteiger partial charge in [-0.1, -0.05) is 0 Å². The number of aromatic nitrogens is 3. The molecule has 4 aromatic heterocycles. The number of rotatable bonds is 5. The molecular formula is C23H25N4O4+. The van der Waals surface area contributed by atoms with Crippen molar-refractivity contribution in [2.45, 2.75) is 32.4 Å². The highest BCUT2D eigenvalue weighted by molar-refractivity contribution is 6.00. The molecule has 0 unspecified atom stereocenters. The van der Waals surface area contributed by atoms with Gasteiger partial charge in [0.25, 0.3) is 5.65 Å². The van der Waals surface area contributed by atoms with Gasteiger partial charge in [0.2, 0.25) is 5.76 Å². The van der Waals surface area contributed by atoms with Gasteiger partial charge < -0.3 is 13.7 Å². The molecule has 0 atom stereocenters. The van der Waals surface area contributed by atoms with E-state index in [2.05, 4.69) is 19.4 Å². The standard InChI is InChI=1S/C23H24N4O4/c1-2-30-23(29)20-4-3-16(31-20)14-26-10-6-15(7-11-26)27-12-8-19(28)18-13-25-22-17(21(18)27)5-9-24-22/h3-5,8-9,12-13,15H,2,6-7,10-11,14H2,1H3,(H,24,25)/p+1. The lowest BCUT2D eigenvalue weighted by Crippen LogP contribution is -2.34. The van der Waals surface area contributed by atoms with Gasteiger partial charge in [-0.2, -0.15) is 0 Å². The summed E-state index contributed by atoms with van der Waals surface area (Å²) in [5.74, 6) is 0.588. The average molecular weight is 421 g/mol.